The second-order valence-electron chi connectivity index (χ2n) is 6.44. The van der Waals surface area contributed by atoms with Crippen LogP contribution in [0.3, 0.4) is 0 Å². The molecule has 0 aromatic heterocycles. The molecule has 0 amide bonds. The number of hydrogen-bond donors (Lipinski definition) is 2. The third kappa shape index (κ3) is 5.54. The molecular weight excluding hydrogens is 352 g/mol. The van der Waals surface area contributed by atoms with Gasteiger partial charge in [0.2, 0.25) is 0 Å². The zero-order valence-corrected chi connectivity index (χ0v) is 16.5. The van der Waals surface area contributed by atoms with Gasteiger partial charge in [0.15, 0.2) is 14.9 Å². The molecule has 0 saturated heterocycles. The summed E-state index contributed by atoms with van der Waals surface area (Å²) in [5.74, 6) is 0.494. The van der Waals surface area contributed by atoms with Crippen LogP contribution in [0, 0.1) is 0 Å². The molecule has 0 aliphatic heterocycles. The van der Waals surface area contributed by atoms with Crippen molar-refractivity contribution in [3.8, 4) is 0 Å². The molecule has 2 aromatic carbocycles. The van der Waals surface area contributed by atoms with Crippen LogP contribution in [0.25, 0.3) is 0 Å². The number of rotatable bonds is 5. The summed E-state index contributed by atoms with van der Waals surface area (Å²) in [6, 6.07) is 15.0. The highest BCUT2D eigenvalue weighted by Crippen LogP contribution is 2.18. The minimum absolute atomic E-state index is 0.0384. The highest BCUT2D eigenvalue weighted by atomic mass is 32.2. The zero-order valence-electron chi connectivity index (χ0n) is 14.9. The van der Waals surface area contributed by atoms with Crippen molar-refractivity contribution in [2.45, 2.75) is 37.6 Å². The predicted octanol–water partition coefficient (Wildman–Crippen LogP) is 4.26. The van der Waals surface area contributed by atoms with E-state index in [0.29, 0.717) is 15.9 Å². The minimum Gasteiger partial charge on any atom is -0.356 e. The summed E-state index contributed by atoms with van der Waals surface area (Å²) in [5.41, 5.74) is 3.18. The number of sulfone groups is 1. The van der Waals surface area contributed by atoms with Crippen molar-refractivity contribution in [2.75, 3.05) is 11.6 Å². The standard InChI is InChI=1S/C19H24N2O2S2/c1-13(2)15-5-9-17(10-6-15)21-19(24)20-14(3)16-7-11-18(12-8-16)25(4,22)23/h5-14H,1-4H3,(H2,20,21,24)/t14-/m1/s1. The van der Waals surface area contributed by atoms with Crippen molar-refractivity contribution < 1.29 is 8.42 Å². The first-order valence-corrected chi connectivity index (χ1v) is 10.4. The van der Waals surface area contributed by atoms with Crippen LogP contribution in [0.4, 0.5) is 5.69 Å². The summed E-state index contributed by atoms with van der Waals surface area (Å²) in [6.07, 6.45) is 1.20. The summed E-state index contributed by atoms with van der Waals surface area (Å²) in [5, 5.41) is 6.90. The van der Waals surface area contributed by atoms with Gasteiger partial charge in [-0.25, -0.2) is 8.42 Å². The quantitative estimate of drug-likeness (QED) is 0.764. The Morgan fingerprint density at radius 2 is 1.44 bits per heavy atom. The fourth-order valence-electron chi connectivity index (χ4n) is 2.40. The summed E-state index contributed by atoms with van der Waals surface area (Å²) in [7, 11) is -3.18. The van der Waals surface area contributed by atoms with Crippen molar-refractivity contribution in [3.63, 3.8) is 0 Å². The van der Waals surface area contributed by atoms with Crippen LogP contribution in [0.2, 0.25) is 0 Å². The molecule has 2 N–H and O–H groups in total. The van der Waals surface area contributed by atoms with E-state index in [9.17, 15) is 8.42 Å². The predicted molar refractivity (Wildman–Crippen MR) is 108 cm³/mol. The molecular formula is C19H24N2O2S2. The SMILES string of the molecule is CC(C)c1ccc(NC(=S)N[C@H](C)c2ccc(S(C)(=O)=O)cc2)cc1. The second-order valence-corrected chi connectivity index (χ2v) is 8.86. The number of anilines is 1. The van der Waals surface area contributed by atoms with Crippen LogP contribution in [-0.4, -0.2) is 19.8 Å². The molecule has 0 bridgehead atoms. The Hall–Kier alpha value is -1.92. The Bertz CT molecular complexity index is 827. The lowest BCUT2D eigenvalue weighted by Gasteiger charge is -2.18. The van der Waals surface area contributed by atoms with E-state index < -0.39 is 9.84 Å². The fraction of sp³-hybridized carbons (Fsp3) is 0.316. The molecule has 0 unspecified atom stereocenters. The Morgan fingerprint density at radius 1 is 0.920 bits per heavy atom. The lowest BCUT2D eigenvalue weighted by molar-refractivity contribution is 0.601. The van der Waals surface area contributed by atoms with Gasteiger partial charge in [-0.1, -0.05) is 38.1 Å². The maximum Gasteiger partial charge on any atom is 0.175 e. The zero-order chi connectivity index (χ0) is 18.6. The van der Waals surface area contributed by atoms with Gasteiger partial charge in [-0.2, -0.15) is 0 Å². The number of thiocarbonyl (C=S) groups is 1. The van der Waals surface area contributed by atoms with Crippen LogP contribution in [-0.2, 0) is 9.84 Å². The smallest absolute Gasteiger partial charge is 0.175 e. The van der Waals surface area contributed by atoms with E-state index >= 15 is 0 Å². The topological polar surface area (TPSA) is 58.2 Å². The third-order valence-electron chi connectivity index (χ3n) is 3.99. The van der Waals surface area contributed by atoms with Crippen LogP contribution < -0.4 is 10.6 Å². The first-order chi connectivity index (χ1) is 11.7. The molecule has 134 valence electrons. The van der Waals surface area contributed by atoms with Gasteiger partial charge in [-0.15, -0.1) is 0 Å². The average molecular weight is 377 g/mol. The molecule has 4 nitrogen and oxygen atoms in total. The molecule has 25 heavy (non-hydrogen) atoms. The van der Waals surface area contributed by atoms with Gasteiger partial charge in [-0.3, -0.25) is 0 Å². The molecule has 1 atom stereocenters. The lowest BCUT2D eigenvalue weighted by Crippen LogP contribution is -2.30. The van der Waals surface area contributed by atoms with E-state index in [1.807, 2.05) is 19.1 Å². The van der Waals surface area contributed by atoms with Crippen LogP contribution in [0.5, 0.6) is 0 Å². The summed E-state index contributed by atoms with van der Waals surface area (Å²) in [6.45, 7) is 6.29. The molecule has 0 aliphatic carbocycles. The van der Waals surface area contributed by atoms with Gasteiger partial charge < -0.3 is 10.6 Å². The summed E-state index contributed by atoms with van der Waals surface area (Å²) >= 11 is 5.36. The number of nitrogens with one attached hydrogen (secondary N) is 2. The second kappa shape index (κ2) is 7.97. The first-order valence-electron chi connectivity index (χ1n) is 8.14. The van der Waals surface area contributed by atoms with E-state index in [4.69, 9.17) is 12.2 Å². The number of hydrogen-bond acceptors (Lipinski definition) is 3. The van der Waals surface area contributed by atoms with Crippen LogP contribution in [0.15, 0.2) is 53.4 Å². The molecule has 2 aromatic rings. The summed E-state index contributed by atoms with van der Waals surface area (Å²) < 4.78 is 23.0. The number of benzene rings is 2. The van der Waals surface area contributed by atoms with E-state index in [1.54, 1.807) is 24.3 Å². The van der Waals surface area contributed by atoms with Gasteiger partial charge in [0.05, 0.1) is 10.9 Å². The van der Waals surface area contributed by atoms with Gasteiger partial charge in [0, 0.05) is 11.9 Å². The lowest BCUT2D eigenvalue weighted by atomic mass is 10.0. The van der Waals surface area contributed by atoms with Crippen molar-refractivity contribution >= 4 is 32.9 Å². The molecule has 0 radical (unpaired) electrons. The van der Waals surface area contributed by atoms with Gasteiger partial charge in [-0.05, 0) is 60.5 Å². The van der Waals surface area contributed by atoms with Crippen molar-refractivity contribution in [3.05, 3.63) is 59.7 Å². The maximum absolute atomic E-state index is 11.5. The van der Waals surface area contributed by atoms with E-state index in [-0.39, 0.29) is 6.04 Å². The molecule has 2 rings (SSSR count). The highest BCUT2D eigenvalue weighted by molar-refractivity contribution is 7.90. The van der Waals surface area contributed by atoms with E-state index in [0.717, 1.165) is 11.3 Å². The first kappa shape index (κ1) is 19.4. The Kier molecular flexibility index (Phi) is 6.19. The molecule has 0 saturated carbocycles. The van der Waals surface area contributed by atoms with Gasteiger partial charge in [0.1, 0.15) is 0 Å². The van der Waals surface area contributed by atoms with Crippen LogP contribution in [0.1, 0.15) is 43.9 Å². The average Bonchev–Trinajstić information content (AvgIpc) is 2.54. The monoisotopic (exact) mass is 376 g/mol. The van der Waals surface area contributed by atoms with Crippen LogP contribution >= 0.6 is 12.2 Å². The van der Waals surface area contributed by atoms with Crippen molar-refractivity contribution in [2.24, 2.45) is 0 Å². The minimum atomic E-state index is -3.18. The Balaban J connectivity index is 1.97. The van der Waals surface area contributed by atoms with E-state index in [2.05, 4.69) is 36.6 Å². The molecule has 0 spiro atoms. The summed E-state index contributed by atoms with van der Waals surface area (Å²) in [4.78, 5) is 0.314. The van der Waals surface area contributed by atoms with Gasteiger partial charge in [0.25, 0.3) is 0 Å². The molecule has 0 aliphatic rings. The van der Waals surface area contributed by atoms with Crippen molar-refractivity contribution in [1.29, 1.82) is 0 Å². The molecule has 0 fully saturated rings. The Morgan fingerprint density at radius 3 is 1.92 bits per heavy atom. The van der Waals surface area contributed by atoms with Crippen molar-refractivity contribution in [1.82, 2.24) is 5.32 Å². The highest BCUT2D eigenvalue weighted by Gasteiger charge is 2.10. The third-order valence-corrected chi connectivity index (χ3v) is 5.34. The Labute approximate surface area is 155 Å². The molecule has 6 heteroatoms. The fourth-order valence-corrected chi connectivity index (χ4v) is 3.33. The van der Waals surface area contributed by atoms with E-state index in [1.165, 1.54) is 11.8 Å². The normalized spacial score (nSPS) is 12.7. The maximum atomic E-state index is 11.5. The van der Waals surface area contributed by atoms with Gasteiger partial charge >= 0.3 is 0 Å². The molecule has 0 heterocycles. The largest absolute Gasteiger partial charge is 0.356 e.